The van der Waals surface area contributed by atoms with Crippen molar-refractivity contribution in [3.05, 3.63) is 63.2 Å². The molecule has 0 aliphatic carbocycles. The number of benzene rings is 2. The highest BCUT2D eigenvalue weighted by atomic mass is 127. The average molecular weight is 408 g/mol. The lowest BCUT2D eigenvalue weighted by Crippen LogP contribution is -2.30. The maximum Gasteiger partial charge on any atom is 0.238 e. The van der Waals surface area contributed by atoms with Gasteiger partial charge in [0.2, 0.25) is 5.91 Å². The van der Waals surface area contributed by atoms with Crippen molar-refractivity contribution in [3.63, 3.8) is 0 Å². The smallest absolute Gasteiger partial charge is 0.238 e. The third-order valence-electron chi connectivity index (χ3n) is 3.45. The summed E-state index contributed by atoms with van der Waals surface area (Å²) in [7, 11) is 1.96. The van der Waals surface area contributed by atoms with E-state index in [2.05, 4.69) is 59.1 Å². The highest BCUT2D eigenvalue weighted by Crippen LogP contribution is 2.16. The van der Waals surface area contributed by atoms with Gasteiger partial charge in [-0.25, -0.2) is 0 Å². The Balaban J connectivity index is 1.87. The molecule has 0 radical (unpaired) electrons. The summed E-state index contributed by atoms with van der Waals surface area (Å²) in [6, 6.07) is 16.4. The van der Waals surface area contributed by atoms with E-state index in [0.29, 0.717) is 6.54 Å². The van der Waals surface area contributed by atoms with Gasteiger partial charge in [-0.2, -0.15) is 0 Å². The number of nitrogens with one attached hydrogen (secondary N) is 1. The van der Waals surface area contributed by atoms with Crippen molar-refractivity contribution in [2.45, 2.75) is 19.9 Å². The molecule has 1 N–H and O–H groups in total. The van der Waals surface area contributed by atoms with Crippen molar-refractivity contribution in [2.24, 2.45) is 0 Å². The number of hydrogen-bond acceptors (Lipinski definition) is 2. The molecule has 22 heavy (non-hydrogen) atoms. The standard InChI is InChI=1S/C18H21IN2O/c1-3-14-8-10-15(11-9-14)12-21(2)13-18(22)20-17-7-5-4-6-16(17)19/h4-11H,3,12-13H2,1-2H3,(H,20,22). The van der Waals surface area contributed by atoms with Gasteiger partial charge in [0.15, 0.2) is 0 Å². The van der Waals surface area contributed by atoms with E-state index in [0.717, 1.165) is 22.2 Å². The molecule has 2 aromatic rings. The van der Waals surface area contributed by atoms with Gasteiger partial charge in [-0.15, -0.1) is 0 Å². The van der Waals surface area contributed by atoms with Gasteiger partial charge in [0.1, 0.15) is 0 Å². The molecular formula is C18H21IN2O. The summed E-state index contributed by atoms with van der Waals surface area (Å²) in [4.78, 5) is 14.1. The van der Waals surface area contributed by atoms with Crippen LogP contribution >= 0.6 is 22.6 Å². The van der Waals surface area contributed by atoms with Gasteiger partial charge in [0.05, 0.1) is 12.2 Å². The summed E-state index contributed by atoms with van der Waals surface area (Å²) in [6.07, 6.45) is 1.05. The normalized spacial score (nSPS) is 10.7. The Labute approximate surface area is 145 Å². The third-order valence-corrected chi connectivity index (χ3v) is 4.39. The van der Waals surface area contributed by atoms with Crippen LogP contribution in [0, 0.1) is 3.57 Å². The van der Waals surface area contributed by atoms with Crippen LogP contribution in [-0.4, -0.2) is 24.4 Å². The second-order valence-electron chi connectivity index (χ2n) is 5.37. The van der Waals surface area contributed by atoms with Gasteiger partial charge in [-0.1, -0.05) is 43.3 Å². The lowest BCUT2D eigenvalue weighted by atomic mass is 10.1. The number of nitrogens with zero attached hydrogens (tertiary/aromatic N) is 1. The molecule has 0 aliphatic rings. The van der Waals surface area contributed by atoms with Crippen LogP contribution in [0.15, 0.2) is 48.5 Å². The van der Waals surface area contributed by atoms with Crippen molar-refractivity contribution in [2.75, 3.05) is 18.9 Å². The minimum Gasteiger partial charge on any atom is -0.324 e. The van der Waals surface area contributed by atoms with E-state index in [4.69, 9.17) is 0 Å². The van der Waals surface area contributed by atoms with Crippen molar-refractivity contribution in [1.82, 2.24) is 4.90 Å². The van der Waals surface area contributed by atoms with Crippen LogP contribution in [0.5, 0.6) is 0 Å². The zero-order valence-corrected chi connectivity index (χ0v) is 15.1. The monoisotopic (exact) mass is 408 g/mol. The number of carbonyl (C=O) groups excluding carboxylic acids is 1. The maximum absolute atomic E-state index is 12.1. The van der Waals surface area contributed by atoms with Gasteiger partial charge in [0, 0.05) is 10.1 Å². The number of rotatable bonds is 6. The molecule has 0 aromatic heterocycles. The Bertz CT molecular complexity index is 625. The fraction of sp³-hybridized carbons (Fsp3) is 0.278. The molecule has 0 bridgehead atoms. The summed E-state index contributed by atoms with van der Waals surface area (Å²) >= 11 is 2.22. The molecule has 2 rings (SSSR count). The predicted molar refractivity (Wildman–Crippen MR) is 99.9 cm³/mol. The molecule has 2 aromatic carbocycles. The molecule has 0 atom stereocenters. The van der Waals surface area contributed by atoms with E-state index in [9.17, 15) is 4.79 Å². The zero-order chi connectivity index (χ0) is 15.9. The molecule has 0 heterocycles. The highest BCUT2D eigenvalue weighted by molar-refractivity contribution is 14.1. The molecule has 3 nitrogen and oxygen atoms in total. The molecule has 0 spiro atoms. The first-order valence-corrected chi connectivity index (χ1v) is 8.47. The Morgan fingerprint density at radius 1 is 1.09 bits per heavy atom. The van der Waals surface area contributed by atoms with Crippen molar-refractivity contribution in [1.29, 1.82) is 0 Å². The lowest BCUT2D eigenvalue weighted by molar-refractivity contribution is -0.117. The number of likely N-dealkylation sites (N-methyl/N-ethyl adjacent to an activating group) is 1. The number of hydrogen-bond donors (Lipinski definition) is 1. The fourth-order valence-corrected chi connectivity index (χ4v) is 2.77. The van der Waals surface area contributed by atoms with Crippen molar-refractivity contribution >= 4 is 34.2 Å². The first-order chi connectivity index (χ1) is 10.6. The molecule has 0 unspecified atom stereocenters. The van der Waals surface area contributed by atoms with Gasteiger partial charge >= 0.3 is 0 Å². The minimum atomic E-state index is 0.0109. The fourth-order valence-electron chi connectivity index (χ4n) is 2.25. The Morgan fingerprint density at radius 3 is 2.36 bits per heavy atom. The van der Waals surface area contributed by atoms with E-state index in [-0.39, 0.29) is 5.91 Å². The number of aryl methyl sites for hydroxylation is 1. The van der Waals surface area contributed by atoms with E-state index >= 15 is 0 Å². The van der Waals surface area contributed by atoms with Crippen LogP contribution in [0.3, 0.4) is 0 Å². The van der Waals surface area contributed by atoms with Crippen LogP contribution in [0.1, 0.15) is 18.1 Å². The summed E-state index contributed by atoms with van der Waals surface area (Å²) in [5, 5.41) is 2.96. The minimum absolute atomic E-state index is 0.0109. The van der Waals surface area contributed by atoms with E-state index in [1.165, 1.54) is 11.1 Å². The number of carbonyl (C=O) groups is 1. The average Bonchev–Trinajstić information content (AvgIpc) is 2.50. The summed E-state index contributed by atoms with van der Waals surface area (Å²) in [5.41, 5.74) is 3.43. The number of halogens is 1. The van der Waals surface area contributed by atoms with Crippen LogP contribution in [-0.2, 0) is 17.8 Å². The topological polar surface area (TPSA) is 32.3 Å². The Hall–Kier alpha value is -1.40. The van der Waals surface area contributed by atoms with Crippen LogP contribution in [0.25, 0.3) is 0 Å². The van der Waals surface area contributed by atoms with E-state index in [1.807, 2.05) is 36.2 Å². The molecule has 1 amide bonds. The number of para-hydroxylation sites is 1. The van der Waals surface area contributed by atoms with Crippen LogP contribution in [0.2, 0.25) is 0 Å². The van der Waals surface area contributed by atoms with Gasteiger partial charge < -0.3 is 5.32 Å². The Kier molecular flexibility index (Phi) is 6.39. The van der Waals surface area contributed by atoms with Gasteiger partial charge in [0.25, 0.3) is 0 Å². The third kappa shape index (κ3) is 5.10. The molecule has 0 saturated carbocycles. The SMILES string of the molecule is CCc1ccc(CN(C)CC(=O)Nc2ccccc2I)cc1. The van der Waals surface area contributed by atoms with E-state index < -0.39 is 0 Å². The zero-order valence-electron chi connectivity index (χ0n) is 13.0. The molecule has 0 aliphatic heterocycles. The highest BCUT2D eigenvalue weighted by Gasteiger charge is 2.09. The predicted octanol–water partition coefficient (Wildman–Crippen LogP) is 3.92. The lowest BCUT2D eigenvalue weighted by Gasteiger charge is -2.17. The molecule has 4 heteroatoms. The van der Waals surface area contributed by atoms with Crippen LogP contribution in [0.4, 0.5) is 5.69 Å². The first kappa shape index (κ1) is 17.0. The molecular weight excluding hydrogens is 387 g/mol. The number of anilines is 1. The first-order valence-electron chi connectivity index (χ1n) is 7.39. The largest absolute Gasteiger partial charge is 0.324 e. The van der Waals surface area contributed by atoms with Gasteiger partial charge in [-0.05, 0) is 59.3 Å². The van der Waals surface area contributed by atoms with E-state index in [1.54, 1.807) is 0 Å². The molecule has 0 fully saturated rings. The second-order valence-corrected chi connectivity index (χ2v) is 6.53. The molecule has 0 saturated heterocycles. The summed E-state index contributed by atoms with van der Waals surface area (Å²) < 4.78 is 1.05. The van der Waals surface area contributed by atoms with Crippen molar-refractivity contribution in [3.8, 4) is 0 Å². The second kappa shape index (κ2) is 8.29. The quantitative estimate of drug-likeness (QED) is 0.735. The van der Waals surface area contributed by atoms with Gasteiger partial charge in [-0.3, -0.25) is 9.69 Å². The summed E-state index contributed by atoms with van der Waals surface area (Å²) in [6.45, 7) is 3.29. The van der Waals surface area contributed by atoms with Crippen LogP contribution < -0.4 is 5.32 Å². The number of amides is 1. The Morgan fingerprint density at radius 2 is 1.73 bits per heavy atom. The molecule has 116 valence electrons. The maximum atomic E-state index is 12.1. The summed E-state index contributed by atoms with van der Waals surface area (Å²) in [5.74, 6) is 0.0109. The van der Waals surface area contributed by atoms with Crippen molar-refractivity contribution < 1.29 is 4.79 Å².